The number of anilines is 1. The SMILES string of the molecule is CC1CC(C)CN(c2ncc(B3OC(C)(C)C(C)(C)O3)cn2)C1. The zero-order valence-corrected chi connectivity index (χ0v) is 15.2. The Bertz CT molecular complexity index is 535. The fourth-order valence-electron chi connectivity index (χ4n) is 3.42. The van der Waals surface area contributed by atoms with Gasteiger partial charge in [-0.15, -0.1) is 0 Å². The van der Waals surface area contributed by atoms with Crippen LogP contribution < -0.4 is 10.4 Å². The van der Waals surface area contributed by atoms with E-state index in [0.717, 1.165) is 24.5 Å². The van der Waals surface area contributed by atoms with Crippen molar-refractivity contribution in [2.45, 2.75) is 59.2 Å². The van der Waals surface area contributed by atoms with Crippen LogP contribution in [0.2, 0.25) is 0 Å². The van der Waals surface area contributed by atoms with Crippen LogP contribution >= 0.6 is 0 Å². The molecule has 1 aromatic heterocycles. The Hall–Kier alpha value is -1.14. The second kappa shape index (κ2) is 5.74. The van der Waals surface area contributed by atoms with Crippen LogP contribution in [0, 0.1) is 11.8 Å². The molecule has 6 heteroatoms. The van der Waals surface area contributed by atoms with E-state index in [4.69, 9.17) is 9.31 Å². The number of rotatable bonds is 2. The molecule has 2 aliphatic rings. The van der Waals surface area contributed by atoms with Gasteiger partial charge in [0.2, 0.25) is 5.95 Å². The van der Waals surface area contributed by atoms with Crippen LogP contribution in [0.15, 0.2) is 12.4 Å². The van der Waals surface area contributed by atoms with Crippen molar-refractivity contribution in [3.8, 4) is 0 Å². The molecule has 0 radical (unpaired) electrons. The molecule has 126 valence electrons. The molecule has 0 aliphatic carbocycles. The third kappa shape index (κ3) is 3.24. The molecular formula is C17H28BN3O2. The van der Waals surface area contributed by atoms with Gasteiger partial charge in [0.1, 0.15) is 0 Å². The van der Waals surface area contributed by atoms with E-state index in [-0.39, 0.29) is 11.2 Å². The van der Waals surface area contributed by atoms with Crippen molar-refractivity contribution < 1.29 is 9.31 Å². The van der Waals surface area contributed by atoms with Crippen LogP contribution in [0.4, 0.5) is 5.95 Å². The predicted molar refractivity (Wildman–Crippen MR) is 92.9 cm³/mol. The summed E-state index contributed by atoms with van der Waals surface area (Å²) < 4.78 is 12.1. The lowest BCUT2D eigenvalue weighted by Gasteiger charge is -2.34. The van der Waals surface area contributed by atoms with Crippen LogP contribution in [0.1, 0.15) is 48.0 Å². The summed E-state index contributed by atoms with van der Waals surface area (Å²) in [4.78, 5) is 11.4. The first-order valence-corrected chi connectivity index (χ1v) is 8.60. The summed E-state index contributed by atoms with van der Waals surface area (Å²) in [7, 11) is -0.395. The molecule has 0 saturated carbocycles. The average molecular weight is 317 g/mol. The Morgan fingerprint density at radius 2 is 1.48 bits per heavy atom. The Balaban J connectivity index is 1.73. The van der Waals surface area contributed by atoms with Crippen molar-refractivity contribution in [3.63, 3.8) is 0 Å². The highest BCUT2D eigenvalue weighted by atomic mass is 16.7. The first-order chi connectivity index (χ1) is 10.7. The summed E-state index contributed by atoms with van der Waals surface area (Å²) in [5.74, 6) is 2.18. The number of aromatic nitrogens is 2. The predicted octanol–water partition coefficient (Wildman–Crippen LogP) is 2.26. The van der Waals surface area contributed by atoms with Crippen LogP contribution in [-0.4, -0.2) is 41.4 Å². The maximum atomic E-state index is 6.05. The monoisotopic (exact) mass is 317 g/mol. The normalized spacial score (nSPS) is 29.8. The molecule has 2 fully saturated rings. The molecule has 2 unspecified atom stereocenters. The number of nitrogens with zero attached hydrogens (tertiary/aromatic N) is 3. The van der Waals surface area contributed by atoms with Gasteiger partial charge < -0.3 is 14.2 Å². The summed E-state index contributed by atoms with van der Waals surface area (Å²) >= 11 is 0. The first-order valence-electron chi connectivity index (χ1n) is 8.60. The van der Waals surface area contributed by atoms with E-state index >= 15 is 0 Å². The number of hydrogen-bond acceptors (Lipinski definition) is 5. The van der Waals surface area contributed by atoms with Crippen molar-refractivity contribution in [2.24, 2.45) is 11.8 Å². The molecule has 1 aromatic rings. The highest BCUT2D eigenvalue weighted by Gasteiger charge is 2.52. The molecule has 5 nitrogen and oxygen atoms in total. The summed E-state index contributed by atoms with van der Waals surface area (Å²) in [6.45, 7) is 14.9. The van der Waals surface area contributed by atoms with E-state index in [2.05, 4.69) is 56.4 Å². The highest BCUT2D eigenvalue weighted by molar-refractivity contribution is 6.61. The molecule has 3 rings (SSSR count). The quantitative estimate of drug-likeness (QED) is 0.783. The van der Waals surface area contributed by atoms with Gasteiger partial charge in [-0.3, -0.25) is 0 Å². The van der Waals surface area contributed by atoms with Crippen LogP contribution in [0.25, 0.3) is 0 Å². The Kier molecular flexibility index (Phi) is 4.17. The van der Waals surface area contributed by atoms with E-state index in [1.54, 1.807) is 0 Å². The number of piperidine rings is 1. The lowest BCUT2D eigenvalue weighted by atomic mass is 9.81. The third-order valence-corrected chi connectivity index (χ3v) is 5.34. The second-order valence-electron chi connectivity index (χ2n) is 8.26. The van der Waals surface area contributed by atoms with E-state index in [1.807, 2.05) is 12.4 Å². The molecule has 0 bridgehead atoms. The molecule has 0 aromatic carbocycles. The van der Waals surface area contributed by atoms with Crippen LogP contribution in [0.3, 0.4) is 0 Å². The molecule has 2 aliphatic heterocycles. The smallest absolute Gasteiger partial charge is 0.399 e. The minimum atomic E-state index is -0.395. The maximum absolute atomic E-state index is 6.05. The van der Waals surface area contributed by atoms with Crippen LogP contribution in [0.5, 0.6) is 0 Å². The Morgan fingerprint density at radius 1 is 1.00 bits per heavy atom. The van der Waals surface area contributed by atoms with Gasteiger partial charge in [0.15, 0.2) is 0 Å². The van der Waals surface area contributed by atoms with Crippen molar-refractivity contribution in [1.29, 1.82) is 0 Å². The molecule has 0 spiro atoms. The van der Waals surface area contributed by atoms with E-state index in [1.165, 1.54) is 6.42 Å². The lowest BCUT2D eigenvalue weighted by Crippen LogP contribution is -2.41. The molecule has 2 saturated heterocycles. The molecule has 0 N–H and O–H groups in total. The highest BCUT2D eigenvalue weighted by Crippen LogP contribution is 2.36. The van der Waals surface area contributed by atoms with Crippen LogP contribution in [-0.2, 0) is 9.31 Å². The van der Waals surface area contributed by atoms with Crippen molar-refractivity contribution in [2.75, 3.05) is 18.0 Å². The maximum Gasteiger partial charge on any atom is 0.498 e. The fraction of sp³-hybridized carbons (Fsp3) is 0.765. The van der Waals surface area contributed by atoms with E-state index < -0.39 is 7.12 Å². The van der Waals surface area contributed by atoms with E-state index in [9.17, 15) is 0 Å². The lowest BCUT2D eigenvalue weighted by molar-refractivity contribution is 0.00578. The number of hydrogen-bond donors (Lipinski definition) is 0. The van der Waals surface area contributed by atoms with Crippen molar-refractivity contribution >= 4 is 18.5 Å². The van der Waals surface area contributed by atoms with Gasteiger partial charge in [0.25, 0.3) is 0 Å². The molecule has 23 heavy (non-hydrogen) atoms. The third-order valence-electron chi connectivity index (χ3n) is 5.34. The van der Waals surface area contributed by atoms with E-state index in [0.29, 0.717) is 11.8 Å². The van der Waals surface area contributed by atoms with Gasteiger partial charge >= 0.3 is 7.12 Å². The minimum Gasteiger partial charge on any atom is -0.399 e. The summed E-state index contributed by atoms with van der Waals surface area (Å²) in [5.41, 5.74) is 0.202. The minimum absolute atomic E-state index is 0.339. The van der Waals surface area contributed by atoms with Gasteiger partial charge in [-0.25, -0.2) is 9.97 Å². The molecule has 2 atom stereocenters. The molecule has 3 heterocycles. The summed E-state index contributed by atoms with van der Waals surface area (Å²) in [6, 6.07) is 0. The first kappa shape index (κ1) is 16.7. The summed E-state index contributed by atoms with van der Waals surface area (Å²) in [6.07, 6.45) is 4.96. The largest absolute Gasteiger partial charge is 0.498 e. The average Bonchev–Trinajstić information content (AvgIpc) is 2.66. The van der Waals surface area contributed by atoms with Gasteiger partial charge in [-0.05, 0) is 46.0 Å². The standard InChI is InChI=1S/C17H28BN3O2/c1-12-7-13(2)11-21(10-12)15-19-8-14(9-20-15)18-22-16(3,4)17(5,6)23-18/h8-9,12-13H,7,10-11H2,1-6H3. The molecular weight excluding hydrogens is 289 g/mol. The molecule has 0 amide bonds. The second-order valence-corrected chi connectivity index (χ2v) is 8.26. The zero-order valence-electron chi connectivity index (χ0n) is 15.2. The van der Waals surface area contributed by atoms with Gasteiger partial charge in [0.05, 0.1) is 11.2 Å². The van der Waals surface area contributed by atoms with Crippen molar-refractivity contribution in [1.82, 2.24) is 9.97 Å². The Labute approximate surface area is 139 Å². The Morgan fingerprint density at radius 3 is 1.96 bits per heavy atom. The topological polar surface area (TPSA) is 47.5 Å². The summed E-state index contributed by atoms with van der Waals surface area (Å²) in [5, 5.41) is 0. The fourth-order valence-corrected chi connectivity index (χ4v) is 3.42. The van der Waals surface area contributed by atoms with Gasteiger partial charge in [-0.2, -0.15) is 0 Å². The zero-order chi connectivity index (χ0) is 16.8. The van der Waals surface area contributed by atoms with Crippen molar-refractivity contribution in [3.05, 3.63) is 12.4 Å². The van der Waals surface area contributed by atoms with Gasteiger partial charge in [-0.1, -0.05) is 13.8 Å². The van der Waals surface area contributed by atoms with Gasteiger partial charge in [0, 0.05) is 30.9 Å².